The fourth-order valence-corrected chi connectivity index (χ4v) is 4.05. The molecule has 0 heterocycles. The molecule has 0 saturated carbocycles. The van der Waals surface area contributed by atoms with Crippen LogP contribution >= 0.6 is 11.8 Å². The van der Waals surface area contributed by atoms with Crippen molar-refractivity contribution in [1.82, 2.24) is 0 Å². The fourth-order valence-electron chi connectivity index (χ4n) is 2.63. The monoisotopic (exact) mass is 446 g/mol. The number of hydrogen-bond donors (Lipinski definition) is 1. The summed E-state index contributed by atoms with van der Waals surface area (Å²) in [5, 5.41) is 2.73. The first-order chi connectivity index (χ1) is 13.5. The van der Waals surface area contributed by atoms with Gasteiger partial charge in [-0.3, -0.25) is 9.10 Å². The lowest BCUT2D eigenvalue weighted by molar-refractivity contribution is -0.137. The molecule has 10 heteroatoms. The van der Waals surface area contributed by atoms with E-state index in [4.69, 9.17) is 0 Å². The van der Waals surface area contributed by atoms with Crippen molar-refractivity contribution in [3.8, 4) is 0 Å². The van der Waals surface area contributed by atoms with Gasteiger partial charge in [0.1, 0.15) is 0 Å². The normalized spacial score (nSPS) is 11.9. The average molecular weight is 447 g/mol. The topological polar surface area (TPSA) is 66.5 Å². The lowest BCUT2D eigenvalue weighted by Gasteiger charge is -2.23. The van der Waals surface area contributed by atoms with Crippen molar-refractivity contribution in [3.05, 3.63) is 54.1 Å². The zero-order valence-corrected chi connectivity index (χ0v) is 17.5. The molecule has 0 aliphatic carbocycles. The number of carbonyl (C=O) groups is 1. The molecule has 0 aliphatic heterocycles. The van der Waals surface area contributed by atoms with Crippen LogP contribution in [0.4, 0.5) is 24.5 Å². The van der Waals surface area contributed by atoms with E-state index in [-0.39, 0.29) is 31.0 Å². The number of rotatable bonds is 8. The van der Waals surface area contributed by atoms with Crippen molar-refractivity contribution in [1.29, 1.82) is 0 Å². The van der Waals surface area contributed by atoms with Crippen LogP contribution in [0.5, 0.6) is 0 Å². The van der Waals surface area contributed by atoms with Crippen LogP contribution in [0.3, 0.4) is 0 Å². The summed E-state index contributed by atoms with van der Waals surface area (Å²) in [6.45, 7) is -0.113. The van der Waals surface area contributed by atoms with Gasteiger partial charge in [-0.05, 0) is 49.1 Å². The molecule has 0 spiro atoms. The molecular weight excluding hydrogens is 425 g/mol. The summed E-state index contributed by atoms with van der Waals surface area (Å²) in [5.41, 5.74) is -0.398. The summed E-state index contributed by atoms with van der Waals surface area (Å²) in [6, 6.07) is 11.4. The minimum Gasteiger partial charge on any atom is -0.326 e. The number of anilines is 2. The third kappa shape index (κ3) is 6.97. The van der Waals surface area contributed by atoms with Gasteiger partial charge in [-0.15, -0.1) is 11.8 Å². The molecule has 0 saturated heterocycles. The van der Waals surface area contributed by atoms with Crippen LogP contribution in [-0.2, 0) is 21.0 Å². The molecule has 1 amide bonds. The predicted molar refractivity (Wildman–Crippen MR) is 110 cm³/mol. The number of hydrogen-bond acceptors (Lipinski definition) is 4. The third-order valence-electron chi connectivity index (χ3n) is 3.98. The van der Waals surface area contributed by atoms with E-state index in [2.05, 4.69) is 5.32 Å². The Balaban J connectivity index is 2.04. The summed E-state index contributed by atoms with van der Waals surface area (Å²) < 4.78 is 63.8. The molecule has 158 valence electrons. The van der Waals surface area contributed by atoms with Gasteiger partial charge in [-0.25, -0.2) is 8.42 Å². The zero-order valence-electron chi connectivity index (χ0n) is 15.9. The van der Waals surface area contributed by atoms with E-state index in [1.807, 2.05) is 18.4 Å². The number of amides is 1. The van der Waals surface area contributed by atoms with E-state index in [1.165, 1.54) is 17.8 Å². The van der Waals surface area contributed by atoms with Crippen LogP contribution in [-0.4, -0.2) is 33.4 Å². The molecule has 0 fully saturated rings. The van der Waals surface area contributed by atoms with Crippen LogP contribution < -0.4 is 9.62 Å². The Morgan fingerprint density at radius 3 is 2.45 bits per heavy atom. The highest BCUT2D eigenvalue weighted by atomic mass is 32.2. The highest BCUT2D eigenvalue weighted by Crippen LogP contribution is 2.32. The van der Waals surface area contributed by atoms with Gasteiger partial charge in [-0.2, -0.15) is 13.2 Å². The molecule has 2 aromatic rings. The molecule has 29 heavy (non-hydrogen) atoms. The first-order valence-corrected chi connectivity index (χ1v) is 11.7. The van der Waals surface area contributed by atoms with E-state index >= 15 is 0 Å². The summed E-state index contributed by atoms with van der Waals surface area (Å²) in [4.78, 5) is 13.1. The standard InChI is InChI=1S/C19H21F3N2O3S2/c1-28-17-9-4-7-15(13-17)23-18(25)10-5-11-24(29(2,26)27)16-8-3-6-14(12-16)19(20,21)22/h3-4,6-9,12-13H,5,10-11H2,1-2H3,(H,23,25). The van der Waals surface area contributed by atoms with E-state index in [0.29, 0.717) is 5.69 Å². The van der Waals surface area contributed by atoms with Gasteiger partial charge in [0.15, 0.2) is 0 Å². The Morgan fingerprint density at radius 2 is 1.83 bits per heavy atom. The van der Waals surface area contributed by atoms with Crippen molar-refractivity contribution >= 4 is 39.1 Å². The summed E-state index contributed by atoms with van der Waals surface area (Å²) >= 11 is 1.53. The van der Waals surface area contributed by atoms with Gasteiger partial charge in [0.25, 0.3) is 0 Å². The molecule has 0 bridgehead atoms. The lowest BCUT2D eigenvalue weighted by Crippen LogP contribution is -2.31. The van der Waals surface area contributed by atoms with Crippen LogP contribution in [0.25, 0.3) is 0 Å². The molecule has 5 nitrogen and oxygen atoms in total. The molecule has 0 radical (unpaired) electrons. The maximum atomic E-state index is 12.9. The number of nitrogens with one attached hydrogen (secondary N) is 1. The van der Waals surface area contributed by atoms with E-state index in [9.17, 15) is 26.4 Å². The van der Waals surface area contributed by atoms with Gasteiger partial charge in [0, 0.05) is 23.5 Å². The Hall–Kier alpha value is -2.20. The summed E-state index contributed by atoms with van der Waals surface area (Å²) in [7, 11) is -3.81. The second-order valence-corrected chi connectivity index (χ2v) is 9.05. The van der Waals surface area contributed by atoms with Crippen LogP contribution in [0.2, 0.25) is 0 Å². The molecule has 0 aromatic heterocycles. The predicted octanol–water partition coefficient (Wildman–Crippen LogP) is 4.61. The third-order valence-corrected chi connectivity index (χ3v) is 5.90. The number of thioether (sulfide) groups is 1. The minimum atomic E-state index is -4.58. The first kappa shape index (κ1) is 23.1. The maximum Gasteiger partial charge on any atom is 0.416 e. The molecule has 0 aliphatic rings. The Labute approximate surface area is 172 Å². The quantitative estimate of drug-likeness (QED) is 0.602. The Morgan fingerprint density at radius 1 is 1.14 bits per heavy atom. The molecule has 2 rings (SSSR count). The van der Waals surface area contributed by atoms with Crippen LogP contribution in [0.15, 0.2) is 53.4 Å². The van der Waals surface area contributed by atoms with Crippen molar-refractivity contribution < 1.29 is 26.4 Å². The highest BCUT2D eigenvalue weighted by molar-refractivity contribution is 7.98. The van der Waals surface area contributed by atoms with Gasteiger partial charge >= 0.3 is 6.18 Å². The first-order valence-electron chi connectivity index (χ1n) is 8.59. The van der Waals surface area contributed by atoms with Crippen LogP contribution in [0.1, 0.15) is 18.4 Å². The van der Waals surface area contributed by atoms with Crippen molar-refractivity contribution in [2.75, 3.05) is 28.7 Å². The average Bonchev–Trinajstić information content (AvgIpc) is 2.64. The second kappa shape index (κ2) is 9.53. The smallest absolute Gasteiger partial charge is 0.326 e. The number of nitrogens with zero attached hydrogens (tertiary/aromatic N) is 1. The summed E-state index contributed by atoms with van der Waals surface area (Å²) in [5.74, 6) is -0.305. The fraction of sp³-hybridized carbons (Fsp3) is 0.316. The van der Waals surface area contributed by atoms with Crippen molar-refractivity contribution in [2.45, 2.75) is 23.9 Å². The molecule has 1 N–H and O–H groups in total. The minimum absolute atomic E-state index is 0.0223. The van der Waals surface area contributed by atoms with Crippen LogP contribution in [0, 0.1) is 0 Å². The van der Waals surface area contributed by atoms with Gasteiger partial charge in [-0.1, -0.05) is 12.1 Å². The Kier molecular flexibility index (Phi) is 7.59. The van der Waals surface area contributed by atoms with Crippen molar-refractivity contribution in [3.63, 3.8) is 0 Å². The molecule has 2 aromatic carbocycles. The van der Waals surface area contributed by atoms with E-state index in [0.717, 1.165) is 33.7 Å². The van der Waals surface area contributed by atoms with Gasteiger partial charge in [0.2, 0.25) is 15.9 Å². The largest absolute Gasteiger partial charge is 0.416 e. The van der Waals surface area contributed by atoms with E-state index < -0.39 is 21.8 Å². The van der Waals surface area contributed by atoms with Gasteiger partial charge in [0.05, 0.1) is 17.5 Å². The number of benzene rings is 2. The number of sulfonamides is 1. The Bertz CT molecular complexity index is 963. The number of carbonyl (C=O) groups excluding carboxylic acids is 1. The lowest BCUT2D eigenvalue weighted by atomic mass is 10.2. The maximum absolute atomic E-state index is 12.9. The van der Waals surface area contributed by atoms with Crippen molar-refractivity contribution in [2.24, 2.45) is 0 Å². The molecule has 0 atom stereocenters. The molecular formula is C19H21F3N2O3S2. The molecule has 0 unspecified atom stereocenters. The van der Waals surface area contributed by atoms with E-state index in [1.54, 1.807) is 12.1 Å². The second-order valence-electron chi connectivity index (χ2n) is 6.27. The van der Waals surface area contributed by atoms with Gasteiger partial charge < -0.3 is 5.32 Å². The number of halogens is 3. The number of alkyl halides is 3. The SMILES string of the molecule is CSc1cccc(NC(=O)CCCN(c2cccc(C(F)(F)F)c2)S(C)(=O)=O)c1. The summed E-state index contributed by atoms with van der Waals surface area (Å²) in [6.07, 6.45) is -1.58. The zero-order chi connectivity index (χ0) is 21.7. The highest BCUT2D eigenvalue weighted by Gasteiger charge is 2.31.